The van der Waals surface area contributed by atoms with Crippen LogP contribution in [0, 0.1) is 0 Å². The standard InChI is InChI=1S/C16H22N2O3/c1-11-5-4-6-12(2)18(11)17-9-13-7-14(19-3)16-15(8-13)20-10-21-16/h7-9,11-12H,4-6,10H2,1-3H3/b17-9-/t11-,12+. The van der Waals surface area contributed by atoms with Crippen LogP contribution in [0.25, 0.3) is 0 Å². The Bertz CT molecular complexity index is 535. The van der Waals surface area contributed by atoms with E-state index in [2.05, 4.69) is 24.0 Å². The van der Waals surface area contributed by atoms with Gasteiger partial charge in [-0.25, -0.2) is 0 Å². The summed E-state index contributed by atoms with van der Waals surface area (Å²) in [5.74, 6) is 2.08. The SMILES string of the molecule is COc1cc(/C=N\N2[C@H](C)CCC[C@@H]2C)cc2c1OCO2. The number of benzene rings is 1. The number of hydrogen-bond acceptors (Lipinski definition) is 5. The maximum absolute atomic E-state index is 5.44. The molecular formula is C16H22N2O3. The fraction of sp³-hybridized carbons (Fsp3) is 0.562. The number of methoxy groups -OCH3 is 1. The smallest absolute Gasteiger partial charge is 0.231 e. The van der Waals surface area contributed by atoms with Crippen LogP contribution in [-0.4, -0.2) is 37.2 Å². The van der Waals surface area contributed by atoms with Crippen LogP contribution in [0.5, 0.6) is 17.2 Å². The highest BCUT2D eigenvalue weighted by Crippen LogP contribution is 2.41. The molecule has 0 aromatic heterocycles. The first-order chi connectivity index (χ1) is 10.2. The van der Waals surface area contributed by atoms with Crippen LogP contribution in [-0.2, 0) is 0 Å². The summed E-state index contributed by atoms with van der Waals surface area (Å²) >= 11 is 0. The molecule has 0 radical (unpaired) electrons. The van der Waals surface area contributed by atoms with E-state index in [4.69, 9.17) is 14.2 Å². The third-order valence-electron chi connectivity index (χ3n) is 4.17. The molecule has 2 atom stereocenters. The monoisotopic (exact) mass is 290 g/mol. The Morgan fingerprint density at radius 3 is 2.71 bits per heavy atom. The van der Waals surface area contributed by atoms with Gasteiger partial charge in [0.05, 0.1) is 13.3 Å². The van der Waals surface area contributed by atoms with E-state index in [0.29, 0.717) is 23.6 Å². The molecule has 21 heavy (non-hydrogen) atoms. The molecule has 0 spiro atoms. The zero-order chi connectivity index (χ0) is 14.8. The second kappa shape index (κ2) is 5.84. The van der Waals surface area contributed by atoms with Crippen molar-refractivity contribution in [1.29, 1.82) is 0 Å². The summed E-state index contributed by atoms with van der Waals surface area (Å²) in [6, 6.07) is 4.84. The number of fused-ring (bicyclic) bond motifs is 1. The van der Waals surface area contributed by atoms with Crippen molar-refractivity contribution in [3.05, 3.63) is 17.7 Å². The van der Waals surface area contributed by atoms with Crippen molar-refractivity contribution in [3.8, 4) is 17.2 Å². The number of rotatable bonds is 3. The Morgan fingerprint density at radius 2 is 2.00 bits per heavy atom. The van der Waals surface area contributed by atoms with Gasteiger partial charge in [0.2, 0.25) is 12.5 Å². The number of hydrogen-bond donors (Lipinski definition) is 0. The molecular weight excluding hydrogens is 268 g/mol. The van der Waals surface area contributed by atoms with Gasteiger partial charge in [-0.2, -0.15) is 5.10 Å². The van der Waals surface area contributed by atoms with Gasteiger partial charge in [-0.05, 0) is 45.2 Å². The van der Waals surface area contributed by atoms with E-state index >= 15 is 0 Å². The molecule has 5 heteroatoms. The Kier molecular flexibility index (Phi) is 3.90. The molecule has 1 fully saturated rings. The van der Waals surface area contributed by atoms with Crippen molar-refractivity contribution in [3.63, 3.8) is 0 Å². The van der Waals surface area contributed by atoms with E-state index in [0.717, 1.165) is 11.3 Å². The maximum Gasteiger partial charge on any atom is 0.231 e. The topological polar surface area (TPSA) is 43.3 Å². The Labute approximate surface area is 125 Å². The molecule has 3 rings (SSSR count). The largest absolute Gasteiger partial charge is 0.493 e. The van der Waals surface area contributed by atoms with Gasteiger partial charge in [0.25, 0.3) is 0 Å². The van der Waals surface area contributed by atoms with Crippen LogP contribution in [0.2, 0.25) is 0 Å². The molecule has 5 nitrogen and oxygen atoms in total. The van der Waals surface area contributed by atoms with Gasteiger partial charge in [0.15, 0.2) is 11.5 Å². The van der Waals surface area contributed by atoms with Crippen LogP contribution < -0.4 is 14.2 Å². The molecule has 2 aliphatic rings. The Hall–Kier alpha value is -1.91. The lowest BCUT2D eigenvalue weighted by atomic mass is 10.00. The van der Waals surface area contributed by atoms with E-state index in [1.165, 1.54) is 19.3 Å². The van der Waals surface area contributed by atoms with Crippen LogP contribution in [0.1, 0.15) is 38.7 Å². The van der Waals surface area contributed by atoms with E-state index < -0.39 is 0 Å². The highest BCUT2D eigenvalue weighted by atomic mass is 16.7. The fourth-order valence-electron chi connectivity index (χ4n) is 2.99. The first-order valence-corrected chi connectivity index (χ1v) is 7.49. The minimum Gasteiger partial charge on any atom is -0.493 e. The number of hydrazone groups is 1. The molecule has 1 aromatic carbocycles. The van der Waals surface area contributed by atoms with Gasteiger partial charge in [-0.15, -0.1) is 0 Å². The Balaban J connectivity index is 1.82. The summed E-state index contributed by atoms with van der Waals surface area (Å²) in [6.45, 7) is 4.70. The van der Waals surface area contributed by atoms with Crippen molar-refractivity contribution >= 4 is 6.21 Å². The van der Waals surface area contributed by atoms with Gasteiger partial charge in [-0.1, -0.05) is 0 Å². The predicted molar refractivity (Wildman–Crippen MR) is 81.3 cm³/mol. The first-order valence-electron chi connectivity index (χ1n) is 7.49. The van der Waals surface area contributed by atoms with Crippen molar-refractivity contribution in [1.82, 2.24) is 5.01 Å². The summed E-state index contributed by atoms with van der Waals surface area (Å²) in [5, 5.41) is 6.87. The Morgan fingerprint density at radius 1 is 1.24 bits per heavy atom. The quantitative estimate of drug-likeness (QED) is 0.803. The average molecular weight is 290 g/mol. The molecule has 0 saturated carbocycles. The van der Waals surface area contributed by atoms with Crippen molar-refractivity contribution in [2.75, 3.05) is 13.9 Å². The van der Waals surface area contributed by atoms with Crippen LogP contribution in [0.15, 0.2) is 17.2 Å². The van der Waals surface area contributed by atoms with Gasteiger partial charge >= 0.3 is 0 Å². The van der Waals surface area contributed by atoms with Crippen molar-refractivity contribution < 1.29 is 14.2 Å². The highest BCUT2D eigenvalue weighted by molar-refractivity contribution is 5.82. The van der Waals surface area contributed by atoms with E-state index in [9.17, 15) is 0 Å². The minimum absolute atomic E-state index is 0.243. The van der Waals surface area contributed by atoms with Crippen molar-refractivity contribution in [2.24, 2.45) is 5.10 Å². The molecule has 1 aromatic rings. The summed E-state index contributed by atoms with van der Waals surface area (Å²) in [4.78, 5) is 0. The first kappa shape index (κ1) is 14.0. The lowest BCUT2D eigenvalue weighted by Crippen LogP contribution is -2.39. The van der Waals surface area contributed by atoms with E-state index in [-0.39, 0.29) is 6.79 Å². The van der Waals surface area contributed by atoms with E-state index in [1.807, 2.05) is 18.3 Å². The lowest BCUT2D eigenvalue weighted by molar-refractivity contribution is 0.109. The number of ether oxygens (including phenoxy) is 3. The molecule has 0 unspecified atom stereocenters. The number of nitrogens with zero attached hydrogens (tertiary/aromatic N) is 2. The van der Waals surface area contributed by atoms with Crippen molar-refractivity contribution in [2.45, 2.75) is 45.2 Å². The molecule has 2 heterocycles. The van der Waals surface area contributed by atoms with Crippen LogP contribution >= 0.6 is 0 Å². The number of piperidine rings is 1. The third kappa shape index (κ3) is 2.77. The molecule has 0 N–H and O–H groups in total. The summed E-state index contributed by atoms with van der Waals surface area (Å²) in [5.41, 5.74) is 0.959. The second-order valence-electron chi connectivity index (χ2n) is 5.71. The van der Waals surface area contributed by atoms with Gasteiger partial charge in [-0.3, -0.25) is 5.01 Å². The predicted octanol–water partition coefficient (Wildman–Crippen LogP) is 3.02. The normalized spacial score (nSPS) is 24.6. The van der Waals surface area contributed by atoms with Gasteiger partial charge < -0.3 is 14.2 Å². The minimum atomic E-state index is 0.243. The average Bonchev–Trinajstić information content (AvgIpc) is 2.94. The summed E-state index contributed by atoms with van der Waals surface area (Å²) in [6.07, 6.45) is 5.56. The molecule has 2 aliphatic heterocycles. The summed E-state index contributed by atoms with van der Waals surface area (Å²) < 4.78 is 16.2. The highest BCUT2D eigenvalue weighted by Gasteiger charge is 2.23. The van der Waals surface area contributed by atoms with Crippen LogP contribution in [0.3, 0.4) is 0 Å². The van der Waals surface area contributed by atoms with E-state index in [1.54, 1.807) is 7.11 Å². The zero-order valence-corrected chi connectivity index (χ0v) is 12.8. The third-order valence-corrected chi connectivity index (χ3v) is 4.17. The van der Waals surface area contributed by atoms with Gasteiger partial charge in [0.1, 0.15) is 0 Å². The second-order valence-corrected chi connectivity index (χ2v) is 5.71. The maximum atomic E-state index is 5.44. The molecule has 0 bridgehead atoms. The molecule has 0 amide bonds. The fourth-order valence-corrected chi connectivity index (χ4v) is 2.99. The summed E-state index contributed by atoms with van der Waals surface area (Å²) in [7, 11) is 1.63. The molecule has 1 saturated heterocycles. The lowest BCUT2D eigenvalue weighted by Gasteiger charge is -2.36. The van der Waals surface area contributed by atoms with Crippen LogP contribution in [0.4, 0.5) is 0 Å². The van der Waals surface area contributed by atoms with Gasteiger partial charge in [0, 0.05) is 17.6 Å². The molecule has 0 aliphatic carbocycles. The zero-order valence-electron chi connectivity index (χ0n) is 12.8. The molecule has 114 valence electrons.